The zero-order valence-corrected chi connectivity index (χ0v) is 10.2. The first-order valence-corrected chi connectivity index (χ1v) is 5.38. The molecule has 0 aliphatic rings. The number of aromatic nitrogens is 2. The van der Waals surface area contributed by atoms with E-state index in [0.717, 1.165) is 6.20 Å². The van der Waals surface area contributed by atoms with Crippen LogP contribution in [0.25, 0.3) is 0 Å². The molecule has 0 aromatic carbocycles. The number of nitrogens with zero attached hydrogens (tertiary/aromatic N) is 4. The van der Waals surface area contributed by atoms with Gasteiger partial charge in [0.05, 0.1) is 11.5 Å². The standard InChI is InChI=1S/C10H14N4O4/c1-3-12(5-8(2)15)10(16)7-13-6-9(4-11-13)14(17)18/h4,6H,3,5,7H2,1-2H3. The van der Waals surface area contributed by atoms with E-state index in [2.05, 4.69) is 5.10 Å². The van der Waals surface area contributed by atoms with E-state index in [-0.39, 0.29) is 30.5 Å². The van der Waals surface area contributed by atoms with E-state index in [1.54, 1.807) is 6.92 Å². The largest absolute Gasteiger partial charge is 0.334 e. The SMILES string of the molecule is CCN(CC(C)=O)C(=O)Cn1cc([N+](=O)[O-])cn1. The Balaban J connectivity index is 2.67. The third-order valence-corrected chi connectivity index (χ3v) is 2.28. The fourth-order valence-corrected chi connectivity index (χ4v) is 1.42. The van der Waals surface area contributed by atoms with E-state index in [1.807, 2.05) is 0 Å². The second-order valence-electron chi connectivity index (χ2n) is 3.76. The van der Waals surface area contributed by atoms with E-state index in [9.17, 15) is 19.7 Å². The molecule has 0 N–H and O–H groups in total. The van der Waals surface area contributed by atoms with Crippen LogP contribution in [0, 0.1) is 10.1 Å². The fourth-order valence-electron chi connectivity index (χ4n) is 1.42. The first kappa shape index (κ1) is 13.8. The van der Waals surface area contributed by atoms with Gasteiger partial charge in [0.2, 0.25) is 5.91 Å². The van der Waals surface area contributed by atoms with Crippen molar-refractivity contribution in [2.24, 2.45) is 0 Å². The number of carbonyl (C=O) groups is 2. The summed E-state index contributed by atoms with van der Waals surface area (Å²) in [6.45, 7) is 3.48. The smallest absolute Gasteiger partial charge is 0.307 e. The molecule has 1 amide bonds. The highest BCUT2D eigenvalue weighted by atomic mass is 16.6. The molecule has 98 valence electrons. The van der Waals surface area contributed by atoms with Crippen molar-refractivity contribution in [2.45, 2.75) is 20.4 Å². The molecule has 0 radical (unpaired) electrons. The average molecular weight is 254 g/mol. The van der Waals surface area contributed by atoms with Crippen molar-refractivity contribution in [3.8, 4) is 0 Å². The van der Waals surface area contributed by atoms with Crippen molar-refractivity contribution < 1.29 is 14.5 Å². The van der Waals surface area contributed by atoms with Crippen molar-refractivity contribution in [1.82, 2.24) is 14.7 Å². The number of hydrogen-bond donors (Lipinski definition) is 0. The van der Waals surface area contributed by atoms with Gasteiger partial charge < -0.3 is 4.90 Å². The summed E-state index contributed by atoms with van der Waals surface area (Å²) < 4.78 is 1.18. The van der Waals surface area contributed by atoms with Gasteiger partial charge in [-0.25, -0.2) is 0 Å². The second kappa shape index (κ2) is 5.89. The van der Waals surface area contributed by atoms with Crippen LogP contribution < -0.4 is 0 Å². The van der Waals surface area contributed by atoms with Gasteiger partial charge in [-0.05, 0) is 13.8 Å². The topological polar surface area (TPSA) is 98.3 Å². The van der Waals surface area contributed by atoms with Gasteiger partial charge in [0.15, 0.2) is 0 Å². The van der Waals surface area contributed by atoms with E-state index >= 15 is 0 Å². The van der Waals surface area contributed by atoms with Gasteiger partial charge in [0.25, 0.3) is 0 Å². The Hall–Kier alpha value is -2.25. The number of Topliss-reactive ketones (excluding diaryl/α,β-unsaturated/α-hetero) is 1. The van der Waals surface area contributed by atoms with Crippen LogP contribution >= 0.6 is 0 Å². The Morgan fingerprint density at radius 1 is 1.56 bits per heavy atom. The Labute approximate surface area is 103 Å². The van der Waals surface area contributed by atoms with Crippen molar-refractivity contribution in [3.05, 3.63) is 22.5 Å². The summed E-state index contributed by atoms with van der Waals surface area (Å²) in [6, 6.07) is 0. The fraction of sp³-hybridized carbons (Fsp3) is 0.500. The lowest BCUT2D eigenvalue weighted by atomic mass is 10.3. The van der Waals surface area contributed by atoms with Crippen LogP contribution in [-0.2, 0) is 16.1 Å². The quantitative estimate of drug-likeness (QED) is 0.534. The summed E-state index contributed by atoms with van der Waals surface area (Å²) in [5.74, 6) is -0.414. The molecule has 1 aromatic rings. The van der Waals surface area contributed by atoms with Gasteiger partial charge in [-0.1, -0.05) is 0 Å². The molecule has 0 fully saturated rings. The van der Waals surface area contributed by atoms with Gasteiger partial charge in [-0.3, -0.25) is 24.4 Å². The third-order valence-electron chi connectivity index (χ3n) is 2.28. The maximum Gasteiger partial charge on any atom is 0.307 e. The molecule has 8 nitrogen and oxygen atoms in total. The lowest BCUT2D eigenvalue weighted by molar-refractivity contribution is -0.385. The van der Waals surface area contributed by atoms with E-state index in [0.29, 0.717) is 6.54 Å². The lowest BCUT2D eigenvalue weighted by Crippen LogP contribution is -2.37. The predicted molar refractivity (Wildman–Crippen MR) is 61.8 cm³/mol. The number of nitro groups is 1. The van der Waals surface area contributed by atoms with E-state index in [1.165, 1.54) is 22.7 Å². The molecule has 1 aromatic heterocycles. The van der Waals surface area contributed by atoms with Crippen LogP contribution in [0.5, 0.6) is 0 Å². The molecule has 0 aliphatic heterocycles. The number of carbonyl (C=O) groups excluding carboxylic acids is 2. The molecule has 0 unspecified atom stereocenters. The highest BCUT2D eigenvalue weighted by Crippen LogP contribution is 2.07. The highest BCUT2D eigenvalue weighted by Gasteiger charge is 2.16. The van der Waals surface area contributed by atoms with Gasteiger partial charge in [0.1, 0.15) is 24.7 Å². The molecular weight excluding hydrogens is 240 g/mol. The summed E-state index contributed by atoms with van der Waals surface area (Å²) in [5.41, 5.74) is -0.169. The minimum absolute atomic E-state index is 0.0404. The third kappa shape index (κ3) is 3.65. The van der Waals surface area contributed by atoms with Gasteiger partial charge >= 0.3 is 5.69 Å². The van der Waals surface area contributed by atoms with Crippen LogP contribution in [-0.4, -0.2) is 44.4 Å². The zero-order valence-electron chi connectivity index (χ0n) is 10.2. The Morgan fingerprint density at radius 2 is 2.22 bits per heavy atom. The zero-order chi connectivity index (χ0) is 13.7. The van der Waals surface area contributed by atoms with Crippen LogP contribution in [0.1, 0.15) is 13.8 Å². The minimum atomic E-state index is -0.582. The van der Waals surface area contributed by atoms with Crippen molar-refractivity contribution >= 4 is 17.4 Å². The summed E-state index contributed by atoms with van der Waals surface area (Å²) in [7, 11) is 0. The van der Waals surface area contributed by atoms with Crippen LogP contribution in [0.2, 0.25) is 0 Å². The first-order valence-electron chi connectivity index (χ1n) is 5.38. The normalized spacial score (nSPS) is 10.1. The monoisotopic (exact) mass is 254 g/mol. The summed E-state index contributed by atoms with van der Waals surface area (Å²) in [6.07, 6.45) is 2.26. The summed E-state index contributed by atoms with van der Waals surface area (Å²) in [4.78, 5) is 34.0. The molecule has 8 heteroatoms. The molecule has 0 atom stereocenters. The number of ketones is 1. The first-order chi connectivity index (χ1) is 8.43. The summed E-state index contributed by atoms with van der Waals surface area (Å²) >= 11 is 0. The second-order valence-corrected chi connectivity index (χ2v) is 3.76. The van der Waals surface area contributed by atoms with E-state index < -0.39 is 4.92 Å². The molecule has 0 saturated carbocycles. The Bertz CT molecular complexity index is 468. The molecule has 0 aliphatic carbocycles. The van der Waals surface area contributed by atoms with Crippen LogP contribution in [0.4, 0.5) is 5.69 Å². The van der Waals surface area contributed by atoms with Crippen molar-refractivity contribution in [1.29, 1.82) is 0 Å². The van der Waals surface area contributed by atoms with Gasteiger partial charge in [0, 0.05) is 6.54 Å². The number of likely N-dealkylation sites (N-methyl/N-ethyl adjacent to an activating group) is 1. The average Bonchev–Trinajstić information content (AvgIpc) is 2.74. The molecule has 1 heterocycles. The molecular formula is C10H14N4O4. The maximum absolute atomic E-state index is 11.8. The predicted octanol–water partition coefficient (Wildman–Crippen LogP) is 0.229. The number of hydrogen-bond acceptors (Lipinski definition) is 5. The van der Waals surface area contributed by atoms with Crippen LogP contribution in [0.3, 0.4) is 0 Å². The minimum Gasteiger partial charge on any atom is -0.334 e. The van der Waals surface area contributed by atoms with E-state index in [4.69, 9.17) is 0 Å². The lowest BCUT2D eigenvalue weighted by Gasteiger charge is -2.18. The van der Waals surface area contributed by atoms with Crippen molar-refractivity contribution in [2.75, 3.05) is 13.1 Å². The Morgan fingerprint density at radius 3 is 2.67 bits per heavy atom. The van der Waals surface area contributed by atoms with Crippen LogP contribution in [0.15, 0.2) is 12.4 Å². The number of rotatable bonds is 6. The van der Waals surface area contributed by atoms with Gasteiger partial charge in [-0.2, -0.15) is 5.10 Å². The highest BCUT2D eigenvalue weighted by molar-refractivity contribution is 5.84. The molecule has 1 rings (SSSR count). The molecule has 0 saturated heterocycles. The maximum atomic E-state index is 11.8. The van der Waals surface area contributed by atoms with Crippen molar-refractivity contribution in [3.63, 3.8) is 0 Å². The van der Waals surface area contributed by atoms with Gasteiger partial charge in [-0.15, -0.1) is 0 Å². The summed E-state index contributed by atoms with van der Waals surface area (Å²) in [5, 5.41) is 14.2. The molecule has 0 bridgehead atoms. The number of amides is 1. The molecule has 0 spiro atoms. The molecule has 18 heavy (non-hydrogen) atoms. The Kier molecular flexibility index (Phi) is 4.52.